The number of aliphatic hydroxyl groups excluding tert-OH is 13. The van der Waals surface area contributed by atoms with Gasteiger partial charge in [-0.1, -0.05) is 0 Å². The number of aliphatic hydroxyl groups is 13. The third kappa shape index (κ3) is 8.08. The van der Waals surface area contributed by atoms with Crippen LogP contribution >= 0.6 is 0 Å². The summed E-state index contributed by atoms with van der Waals surface area (Å²) in [7, 11) is 0. The fourth-order valence-electron chi connectivity index (χ4n) is 5.95. The van der Waals surface area contributed by atoms with E-state index in [1.807, 2.05) is 0 Å². The number of carbonyl (C=O) groups excluding carboxylic acids is 1. The first-order chi connectivity index (χ1) is 22.7. The molecule has 0 aromatic heterocycles. The minimum Gasteiger partial charge on any atom is -0.394 e. The first-order valence-electron chi connectivity index (χ1n) is 15.1. The molecule has 4 rings (SSSR count). The van der Waals surface area contributed by atoms with Crippen molar-refractivity contribution >= 4 is 5.91 Å². The van der Waals surface area contributed by atoms with Crippen molar-refractivity contribution < 1.29 is 104 Å². The van der Waals surface area contributed by atoms with Gasteiger partial charge >= 0.3 is 0 Å². The molecule has 1 amide bonds. The van der Waals surface area contributed by atoms with Crippen LogP contribution in [0.2, 0.25) is 0 Å². The second-order valence-electron chi connectivity index (χ2n) is 11.9. The van der Waals surface area contributed by atoms with Crippen LogP contribution in [-0.2, 0) is 38.0 Å². The van der Waals surface area contributed by atoms with Crippen LogP contribution in [0.4, 0.5) is 0 Å². The van der Waals surface area contributed by atoms with Gasteiger partial charge in [0.25, 0.3) is 0 Å². The number of hydrogen-bond acceptors (Lipinski definition) is 21. The van der Waals surface area contributed by atoms with Crippen molar-refractivity contribution in [3.8, 4) is 0 Å². The van der Waals surface area contributed by atoms with Crippen molar-refractivity contribution in [2.75, 3.05) is 26.4 Å². The van der Waals surface area contributed by atoms with E-state index >= 15 is 0 Å². The lowest BCUT2D eigenvalue weighted by Crippen LogP contribution is -2.69. The first-order valence-corrected chi connectivity index (χ1v) is 15.1. The lowest BCUT2D eigenvalue weighted by atomic mass is 9.94. The van der Waals surface area contributed by atoms with Crippen LogP contribution in [0.3, 0.4) is 0 Å². The predicted octanol–water partition coefficient (Wildman–Crippen LogP) is -9.61. The van der Waals surface area contributed by atoms with Gasteiger partial charge in [0.05, 0.1) is 26.4 Å². The van der Waals surface area contributed by atoms with Crippen LogP contribution in [-0.4, -0.2) is 221 Å². The Bertz CT molecular complexity index is 1030. The Morgan fingerprint density at radius 3 is 1.50 bits per heavy atom. The summed E-state index contributed by atoms with van der Waals surface area (Å²) in [4.78, 5) is 12.2. The fraction of sp³-hybridized carbons (Fsp3) is 0.962. The predicted molar refractivity (Wildman–Crippen MR) is 145 cm³/mol. The summed E-state index contributed by atoms with van der Waals surface area (Å²) in [6.45, 7) is -2.37. The number of rotatable bonds is 11. The minimum absolute atomic E-state index is 0.755. The molecule has 0 bridgehead atoms. The molecule has 0 spiro atoms. The summed E-state index contributed by atoms with van der Waals surface area (Å²) in [5, 5.41) is 136. The van der Waals surface area contributed by atoms with E-state index in [0.717, 1.165) is 6.92 Å². The van der Waals surface area contributed by atoms with Gasteiger partial charge < -0.3 is 105 Å². The Hall–Kier alpha value is -1.33. The van der Waals surface area contributed by atoms with Gasteiger partial charge in [-0.15, -0.1) is 0 Å². The van der Waals surface area contributed by atoms with Crippen molar-refractivity contribution in [2.24, 2.45) is 0 Å². The standard InChI is InChI=1S/C26H45NO21/c1-6(32)27-11-14(35)20(46-25-18(39)15(36)12(33)7(2-28)43-25)10(5-31)45-24(11)48-22-13(34)8(3-29)44-26(19(22)40)47-21-9(4-30)42-23(41)17(38)16(21)37/h7-26,28-31,33-41H,2-5H2,1H3,(H,27,32)/t7?,8?,9?,10?,11-,12-,13-,14?,15-,16?,17-,18?,19-,20+,21+,22?,23?,24-,25-,26-/m0/s1. The number of carbonyl (C=O) groups is 1. The molecule has 4 saturated heterocycles. The molecule has 14 N–H and O–H groups in total. The average molecular weight is 708 g/mol. The zero-order valence-electron chi connectivity index (χ0n) is 25.5. The maximum atomic E-state index is 12.2. The summed E-state index contributed by atoms with van der Waals surface area (Å²) in [6, 6.07) is -1.61. The van der Waals surface area contributed by atoms with Crippen LogP contribution in [0.5, 0.6) is 0 Å². The first kappa shape index (κ1) is 39.5. The largest absolute Gasteiger partial charge is 0.394 e. The Morgan fingerprint density at radius 2 is 0.958 bits per heavy atom. The number of amides is 1. The van der Waals surface area contributed by atoms with E-state index in [0.29, 0.717) is 0 Å². The lowest BCUT2D eigenvalue weighted by Gasteiger charge is -2.49. The van der Waals surface area contributed by atoms with Gasteiger partial charge in [0.2, 0.25) is 5.91 Å². The Morgan fingerprint density at radius 1 is 0.500 bits per heavy atom. The second kappa shape index (κ2) is 16.8. The molecular formula is C26H45NO21. The molecule has 22 nitrogen and oxygen atoms in total. The Labute approximate surface area is 272 Å². The highest BCUT2D eigenvalue weighted by Gasteiger charge is 2.55. The van der Waals surface area contributed by atoms with Crippen LogP contribution in [0.15, 0.2) is 0 Å². The van der Waals surface area contributed by atoms with E-state index < -0.39 is 155 Å². The van der Waals surface area contributed by atoms with E-state index in [2.05, 4.69) is 5.32 Å². The Kier molecular flexibility index (Phi) is 13.8. The summed E-state index contributed by atoms with van der Waals surface area (Å²) in [6.07, 6.45) is -33.5. The topological polar surface area (TPSA) is 357 Å². The maximum absolute atomic E-state index is 12.2. The van der Waals surface area contributed by atoms with Crippen LogP contribution in [0.1, 0.15) is 6.92 Å². The third-order valence-electron chi connectivity index (χ3n) is 8.61. The molecule has 0 aromatic carbocycles. The van der Waals surface area contributed by atoms with Gasteiger partial charge in [0.1, 0.15) is 97.6 Å². The summed E-state index contributed by atoms with van der Waals surface area (Å²) in [5.74, 6) is -0.755. The summed E-state index contributed by atoms with van der Waals surface area (Å²) in [5.41, 5.74) is 0. The van der Waals surface area contributed by atoms with E-state index in [1.165, 1.54) is 0 Å². The highest BCUT2D eigenvalue weighted by atomic mass is 16.8. The molecule has 20 atom stereocenters. The van der Waals surface area contributed by atoms with Crippen molar-refractivity contribution in [1.29, 1.82) is 0 Å². The quantitative estimate of drug-likeness (QED) is 0.0947. The van der Waals surface area contributed by atoms with Crippen LogP contribution in [0.25, 0.3) is 0 Å². The molecule has 4 aliphatic heterocycles. The van der Waals surface area contributed by atoms with E-state index in [-0.39, 0.29) is 0 Å². The maximum Gasteiger partial charge on any atom is 0.217 e. The summed E-state index contributed by atoms with van der Waals surface area (Å²) < 4.78 is 38.5. The third-order valence-corrected chi connectivity index (χ3v) is 8.61. The molecule has 0 saturated carbocycles. The van der Waals surface area contributed by atoms with Gasteiger partial charge in [-0.2, -0.15) is 0 Å². The number of ether oxygens (including phenoxy) is 7. The average Bonchev–Trinajstić information content (AvgIpc) is 3.06. The molecule has 22 heteroatoms. The van der Waals surface area contributed by atoms with Crippen molar-refractivity contribution in [3.63, 3.8) is 0 Å². The Balaban J connectivity index is 1.56. The molecule has 4 fully saturated rings. The molecule has 4 aliphatic rings. The molecule has 0 aromatic rings. The highest BCUT2D eigenvalue weighted by Crippen LogP contribution is 2.34. The zero-order chi connectivity index (χ0) is 35.6. The van der Waals surface area contributed by atoms with Gasteiger partial charge in [0.15, 0.2) is 25.2 Å². The van der Waals surface area contributed by atoms with Crippen LogP contribution < -0.4 is 5.32 Å². The molecule has 48 heavy (non-hydrogen) atoms. The zero-order valence-corrected chi connectivity index (χ0v) is 25.5. The van der Waals surface area contributed by atoms with E-state index in [1.54, 1.807) is 0 Å². The normalized spacial score (nSPS) is 50.2. The van der Waals surface area contributed by atoms with E-state index in [4.69, 9.17) is 33.2 Å². The van der Waals surface area contributed by atoms with Crippen molar-refractivity contribution in [1.82, 2.24) is 5.32 Å². The molecule has 0 radical (unpaired) electrons. The summed E-state index contributed by atoms with van der Waals surface area (Å²) >= 11 is 0. The minimum atomic E-state index is -2.02. The van der Waals surface area contributed by atoms with Gasteiger partial charge in [-0.05, 0) is 0 Å². The molecule has 9 unspecified atom stereocenters. The second-order valence-corrected chi connectivity index (χ2v) is 11.9. The van der Waals surface area contributed by atoms with Gasteiger partial charge in [-0.25, -0.2) is 0 Å². The number of hydrogen-bond donors (Lipinski definition) is 14. The molecule has 280 valence electrons. The van der Waals surface area contributed by atoms with E-state index in [9.17, 15) is 71.2 Å². The number of nitrogens with one attached hydrogen (secondary N) is 1. The van der Waals surface area contributed by atoms with Crippen LogP contribution in [0, 0.1) is 0 Å². The van der Waals surface area contributed by atoms with Gasteiger partial charge in [0, 0.05) is 6.92 Å². The molecule has 0 aliphatic carbocycles. The van der Waals surface area contributed by atoms with Crippen molar-refractivity contribution in [2.45, 2.75) is 130 Å². The van der Waals surface area contributed by atoms with Crippen molar-refractivity contribution in [3.05, 3.63) is 0 Å². The SMILES string of the molecule is CC(=O)N[C@H]1C(O)[C@H](O[C@@H]2OC(CO)[C@H](O)[C@H](O)C2O)C(CO)O[C@H]1OC1[C@@H](O)C(CO)O[C@@H](O[C@@H]2C(CO)OC(O)[C@@H](O)C2O)[C@H]1O. The highest BCUT2D eigenvalue weighted by molar-refractivity contribution is 5.73. The van der Waals surface area contributed by atoms with Gasteiger partial charge in [-0.3, -0.25) is 4.79 Å². The molecule has 4 heterocycles. The smallest absolute Gasteiger partial charge is 0.217 e. The lowest BCUT2D eigenvalue weighted by molar-refractivity contribution is -0.380. The fourth-order valence-corrected chi connectivity index (χ4v) is 5.95. The molecular weight excluding hydrogens is 662 g/mol. The monoisotopic (exact) mass is 707 g/mol.